The van der Waals surface area contributed by atoms with E-state index in [0.717, 1.165) is 24.8 Å². The maximum atomic E-state index is 12.6. The van der Waals surface area contributed by atoms with Crippen molar-refractivity contribution in [1.29, 1.82) is 0 Å². The van der Waals surface area contributed by atoms with E-state index >= 15 is 0 Å². The molecule has 1 saturated heterocycles. The highest BCUT2D eigenvalue weighted by molar-refractivity contribution is 6.01. The Morgan fingerprint density at radius 2 is 2.07 bits per heavy atom. The minimum Gasteiger partial charge on any atom is -0.388 e. The predicted molar refractivity (Wildman–Crippen MR) is 97.7 cm³/mol. The minimum atomic E-state index is -1.50. The number of epoxide rings is 1. The SMILES string of the molecule is C[C@@H]1C[C@H]2[C@H]3CCC4=CC(=O)C=C[C@]4(C)[C@@]34O[C@@H]4C[C@]2(C)[C@@]1(O)C(=O)CO. The third kappa shape index (κ3) is 1.73. The van der Waals surface area contributed by atoms with E-state index in [1.807, 2.05) is 19.9 Å². The molecule has 5 aliphatic rings. The molecule has 0 radical (unpaired) electrons. The van der Waals surface area contributed by atoms with E-state index in [0.29, 0.717) is 6.42 Å². The van der Waals surface area contributed by atoms with Gasteiger partial charge in [0.1, 0.15) is 17.8 Å². The zero-order chi connectivity index (χ0) is 19.4. The highest BCUT2D eigenvalue weighted by atomic mass is 16.6. The first-order valence-electron chi connectivity index (χ1n) is 10.1. The van der Waals surface area contributed by atoms with Crippen LogP contribution in [0.25, 0.3) is 0 Å². The van der Waals surface area contributed by atoms with Crippen molar-refractivity contribution in [1.82, 2.24) is 0 Å². The summed E-state index contributed by atoms with van der Waals surface area (Å²) in [5.74, 6) is -0.193. The minimum absolute atomic E-state index is 0.0291. The predicted octanol–water partition coefficient (Wildman–Crippen LogP) is 1.96. The Morgan fingerprint density at radius 1 is 1.33 bits per heavy atom. The van der Waals surface area contributed by atoms with Gasteiger partial charge in [0.15, 0.2) is 11.6 Å². The van der Waals surface area contributed by atoms with Crippen LogP contribution in [0.1, 0.15) is 46.5 Å². The standard InChI is InChI=1S/C22H28O5/c1-12-8-16-15-5-4-13-9-14(24)6-7-19(13,2)22(15)18(27-22)10-20(16,3)21(12,26)17(25)11-23/h6-7,9,12,15-16,18,23,26H,4-5,8,10-11H2,1-3H3/t12-,15-,16+,18-,19+,20+,21+,22-/m1/s1. The monoisotopic (exact) mass is 372 g/mol. The highest BCUT2D eigenvalue weighted by Gasteiger charge is 2.81. The number of ether oxygens (including phenoxy) is 1. The lowest BCUT2D eigenvalue weighted by Crippen LogP contribution is -2.62. The quantitative estimate of drug-likeness (QED) is 0.724. The zero-order valence-corrected chi connectivity index (χ0v) is 16.2. The molecule has 0 amide bonds. The van der Waals surface area contributed by atoms with Gasteiger partial charge in [0, 0.05) is 10.8 Å². The summed E-state index contributed by atoms with van der Waals surface area (Å²) < 4.78 is 6.43. The normalized spacial score (nSPS) is 55.1. The fourth-order valence-corrected chi connectivity index (χ4v) is 7.70. The van der Waals surface area contributed by atoms with Gasteiger partial charge in [-0.3, -0.25) is 9.59 Å². The lowest BCUT2D eigenvalue weighted by molar-refractivity contribution is -0.165. The molecule has 0 bridgehead atoms. The summed E-state index contributed by atoms with van der Waals surface area (Å²) in [7, 11) is 0. The summed E-state index contributed by atoms with van der Waals surface area (Å²) in [4.78, 5) is 24.5. The molecular weight excluding hydrogens is 344 g/mol. The van der Waals surface area contributed by atoms with Gasteiger partial charge in [-0.1, -0.05) is 25.5 Å². The maximum absolute atomic E-state index is 12.6. The Kier molecular flexibility index (Phi) is 3.29. The van der Waals surface area contributed by atoms with Crippen LogP contribution in [-0.2, 0) is 14.3 Å². The van der Waals surface area contributed by atoms with E-state index in [9.17, 15) is 19.8 Å². The Bertz CT molecular complexity index is 814. The Balaban J connectivity index is 1.60. The Morgan fingerprint density at radius 3 is 2.78 bits per heavy atom. The number of hydrogen-bond donors (Lipinski definition) is 2. The Labute approximate surface area is 159 Å². The van der Waals surface area contributed by atoms with E-state index in [2.05, 4.69) is 6.92 Å². The van der Waals surface area contributed by atoms with Crippen molar-refractivity contribution >= 4 is 11.6 Å². The second-order valence-corrected chi connectivity index (χ2v) is 9.86. The molecule has 5 heteroatoms. The summed E-state index contributed by atoms with van der Waals surface area (Å²) in [5, 5.41) is 21.0. The molecule has 5 nitrogen and oxygen atoms in total. The van der Waals surface area contributed by atoms with Crippen LogP contribution in [0.15, 0.2) is 23.8 Å². The van der Waals surface area contributed by atoms with Crippen LogP contribution in [0, 0.1) is 28.6 Å². The molecule has 0 aromatic heterocycles. The number of carbonyl (C=O) groups is 2. The van der Waals surface area contributed by atoms with Crippen LogP contribution >= 0.6 is 0 Å². The van der Waals surface area contributed by atoms with Gasteiger partial charge in [0.25, 0.3) is 0 Å². The number of allylic oxidation sites excluding steroid dienone is 2. The van der Waals surface area contributed by atoms with E-state index in [4.69, 9.17) is 4.74 Å². The average Bonchev–Trinajstić information content (AvgIpc) is 3.31. The molecule has 0 aromatic rings. The smallest absolute Gasteiger partial charge is 0.190 e. The first-order valence-corrected chi connectivity index (χ1v) is 10.1. The molecule has 1 heterocycles. The van der Waals surface area contributed by atoms with Crippen LogP contribution in [-0.4, -0.2) is 45.7 Å². The van der Waals surface area contributed by atoms with E-state index < -0.39 is 23.4 Å². The van der Waals surface area contributed by atoms with E-state index in [1.54, 1.807) is 12.2 Å². The molecule has 1 aliphatic heterocycles. The van der Waals surface area contributed by atoms with Crippen LogP contribution in [0.2, 0.25) is 0 Å². The average molecular weight is 372 g/mol. The van der Waals surface area contributed by atoms with Gasteiger partial charge >= 0.3 is 0 Å². The lowest BCUT2D eigenvalue weighted by Gasteiger charge is -2.55. The first kappa shape index (κ1) is 17.8. The van der Waals surface area contributed by atoms with Gasteiger partial charge in [-0.25, -0.2) is 0 Å². The molecule has 0 aromatic carbocycles. The molecule has 8 atom stereocenters. The van der Waals surface area contributed by atoms with Gasteiger partial charge in [0.05, 0.1) is 6.10 Å². The molecule has 146 valence electrons. The fraction of sp³-hybridized carbons (Fsp3) is 0.727. The van der Waals surface area contributed by atoms with Gasteiger partial charge in [-0.15, -0.1) is 0 Å². The molecule has 5 rings (SSSR count). The van der Waals surface area contributed by atoms with Crippen molar-refractivity contribution in [3.63, 3.8) is 0 Å². The van der Waals surface area contributed by atoms with E-state index in [-0.39, 0.29) is 40.7 Å². The lowest BCUT2D eigenvalue weighted by atomic mass is 9.46. The van der Waals surface area contributed by atoms with Gasteiger partial charge in [-0.2, -0.15) is 0 Å². The highest BCUT2D eigenvalue weighted by Crippen LogP contribution is 2.76. The number of carbonyl (C=O) groups excluding carboxylic acids is 2. The number of rotatable bonds is 2. The van der Waals surface area contributed by atoms with Crippen molar-refractivity contribution in [3.8, 4) is 0 Å². The number of aliphatic hydroxyl groups excluding tert-OH is 1. The molecule has 3 saturated carbocycles. The Hall–Kier alpha value is -1.30. The number of Topliss-reactive ketones (excluding diaryl/α,β-unsaturated/α-hetero) is 1. The maximum Gasteiger partial charge on any atom is 0.190 e. The molecule has 4 aliphatic carbocycles. The van der Waals surface area contributed by atoms with Crippen LogP contribution < -0.4 is 0 Å². The summed E-state index contributed by atoms with van der Waals surface area (Å²) in [6.45, 7) is 5.51. The summed E-state index contributed by atoms with van der Waals surface area (Å²) in [5.41, 5.74) is -1.55. The van der Waals surface area contributed by atoms with Crippen LogP contribution in [0.3, 0.4) is 0 Å². The molecule has 1 spiro atoms. The second-order valence-electron chi connectivity index (χ2n) is 9.86. The van der Waals surface area contributed by atoms with Crippen molar-refractivity contribution < 1.29 is 24.5 Å². The fourth-order valence-electron chi connectivity index (χ4n) is 7.70. The van der Waals surface area contributed by atoms with Crippen LogP contribution in [0.4, 0.5) is 0 Å². The zero-order valence-electron chi connectivity index (χ0n) is 16.2. The van der Waals surface area contributed by atoms with Gasteiger partial charge in [-0.05, 0) is 62.5 Å². The third-order valence-corrected chi connectivity index (χ3v) is 9.08. The van der Waals surface area contributed by atoms with Gasteiger partial charge < -0.3 is 14.9 Å². The first-order chi connectivity index (χ1) is 12.6. The van der Waals surface area contributed by atoms with E-state index in [1.165, 1.54) is 0 Å². The number of ketones is 2. The molecule has 0 unspecified atom stereocenters. The van der Waals surface area contributed by atoms with Crippen molar-refractivity contribution in [2.45, 2.75) is 63.8 Å². The topological polar surface area (TPSA) is 87.1 Å². The molecule has 4 fully saturated rings. The number of hydrogen-bond acceptors (Lipinski definition) is 5. The summed E-state index contributed by atoms with van der Waals surface area (Å²) >= 11 is 0. The van der Waals surface area contributed by atoms with Crippen molar-refractivity contribution in [2.24, 2.45) is 28.6 Å². The number of aliphatic hydroxyl groups is 2. The van der Waals surface area contributed by atoms with Crippen molar-refractivity contribution in [2.75, 3.05) is 6.61 Å². The summed E-state index contributed by atoms with van der Waals surface area (Å²) in [6, 6.07) is 0. The van der Waals surface area contributed by atoms with Crippen LogP contribution in [0.5, 0.6) is 0 Å². The molecule has 27 heavy (non-hydrogen) atoms. The molecular formula is C22H28O5. The third-order valence-electron chi connectivity index (χ3n) is 9.08. The molecule has 2 N–H and O–H groups in total. The largest absolute Gasteiger partial charge is 0.388 e. The van der Waals surface area contributed by atoms with Gasteiger partial charge in [0.2, 0.25) is 0 Å². The second kappa shape index (κ2) is 5.00. The van der Waals surface area contributed by atoms with Crippen molar-refractivity contribution in [3.05, 3.63) is 23.8 Å². The number of fused-ring (bicyclic) bond motifs is 3. The summed E-state index contributed by atoms with van der Waals surface area (Å²) in [6.07, 6.45) is 8.58.